The fourth-order valence-electron chi connectivity index (χ4n) is 1.51. The highest BCUT2D eigenvalue weighted by Crippen LogP contribution is 2.06. The molecule has 0 bridgehead atoms. The molecular formula is C12H22N2O4. The smallest absolute Gasteiger partial charge is 0.408 e. The first-order valence-corrected chi connectivity index (χ1v) is 6.20. The molecule has 6 nitrogen and oxygen atoms in total. The summed E-state index contributed by atoms with van der Waals surface area (Å²) in [6.45, 7) is 7.15. The Labute approximate surface area is 107 Å². The Morgan fingerprint density at radius 1 is 1.44 bits per heavy atom. The molecular weight excluding hydrogens is 236 g/mol. The molecule has 1 fully saturated rings. The SMILES string of the molecule is CC(C)(C)OC(=O)NCC(=O)C1CNCCCO1. The van der Waals surface area contributed by atoms with Crippen LogP contribution in [0.25, 0.3) is 0 Å². The van der Waals surface area contributed by atoms with Crippen molar-refractivity contribution in [3.05, 3.63) is 0 Å². The van der Waals surface area contributed by atoms with Crippen LogP contribution in [0.4, 0.5) is 4.79 Å². The van der Waals surface area contributed by atoms with Crippen LogP contribution in [0.5, 0.6) is 0 Å². The third-order valence-electron chi connectivity index (χ3n) is 2.31. The van der Waals surface area contributed by atoms with E-state index in [2.05, 4.69) is 10.6 Å². The number of carbonyl (C=O) groups is 2. The normalized spacial score (nSPS) is 20.9. The molecule has 0 aromatic rings. The van der Waals surface area contributed by atoms with E-state index in [1.54, 1.807) is 20.8 Å². The Balaban J connectivity index is 2.29. The van der Waals surface area contributed by atoms with Crippen LogP contribution in [0, 0.1) is 0 Å². The van der Waals surface area contributed by atoms with E-state index in [4.69, 9.17) is 9.47 Å². The lowest BCUT2D eigenvalue weighted by molar-refractivity contribution is -0.128. The average molecular weight is 258 g/mol. The zero-order chi connectivity index (χ0) is 13.6. The predicted molar refractivity (Wildman–Crippen MR) is 66.5 cm³/mol. The molecule has 1 unspecified atom stereocenters. The molecule has 0 aliphatic carbocycles. The number of ketones is 1. The number of alkyl carbamates (subject to hydrolysis) is 1. The Kier molecular flexibility index (Phi) is 5.55. The van der Waals surface area contributed by atoms with E-state index in [0.29, 0.717) is 13.2 Å². The topological polar surface area (TPSA) is 76.7 Å². The zero-order valence-electron chi connectivity index (χ0n) is 11.2. The second-order valence-electron chi connectivity index (χ2n) is 5.24. The van der Waals surface area contributed by atoms with Crippen molar-refractivity contribution in [2.75, 3.05) is 26.2 Å². The van der Waals surface area contributed by atoms with Gasteiger partial charge in [0.05, 0.1) is 6.54 Å². The van der Waals surface area contributed by atoms with Crippen LogP contribution in [0.2, 0.25) is 0 Å². The average Bonchev–Trinajstić information content (AvgIpc) is 2.52. The van der Waals surface area contributed by atoms with E-state index < -0.39 is 17.8 Å². The quantitative estimate of drug-likeness (QED) is 0.769. The summed E-state index contributed by atoms with van der Waals surface area (Å²) in [5, 5.41) is 5.55. The van der Waals surface area contributed by atoms with Crippen molar-refractivity contribution in [1.82, 2.24) is 10.6 Å². The highest BCUT2D eigenvalue weighted by Gasteiger charge is 2.22. The molecule has 6 heteroatoms. The highest BCUT2D eigenvalue weighted by atomic mass is 16.6. The van der Waals surface area contributed by atoms with Crippen LogP contribution in [-0.4, -0.2) is 49.8 Å². The maximum absolute atomic E-state index is 11.8. The third-order valence-corrected chi connectivity index (χ3v) is 2.31. The number of ether oxygens (including phenoxy) is 2. The first kappa shape index (κ1) is 14.9. The predicted octanol–water partition coefficient (Wildman–Crippen LogP) is 0.459. The molecule has 2 N–H and O–H groups in total. The van der Waals surface area contributed by atoms with Crippen LogP contribution < -0.4 is 10.6 Å². The highest BCUT2D eigenvalue weighted by molar-refractivity contribution is 5.87. The lowest BCUT2D eigenvalue weighted by Gasteiger charge is -2.20. The van der Waals surface area contributed by atoms with Gasteiger partial charge in [-0.15, -0.1) is 0 Å². The minimum Gasteiger partial charge on any atom is -0.444 e. The number of hydrogen-bond acceptors (Lipinski definition) is 5. The second kappa shape index (κ2) is 6.70. The largest absolute Gasteiger partial charge is 0.444 e. The maximum atomic E-state index is 11.8. The van der Waals surface area contributed by atoms with Crippen molar-refractivity contribution in [2.45, 2.75) is 38.9 Å². The summed E-state index contributed by atoms with van der Waals surface area (Å²) in [4.78, 5) is 23.2. The molecule has 1 heterocycles. The van der Waals surface area contributed by atoms with Gasteiger partial charge in [0.25, 0.3) is 0 Å². The van der Waals surface area contributed by atoms with Gasteiger partial charge in [0.1, 0.15) is 11.7 Å². The molecule has 1 rings (SSSR count). The fraction of sp³-hybridized carbons (Fsp3) is 0.833. The molecule has 0 saturated carbocycles. The van der Waals surface area contributed by atoms with Gasteiger partial charge < -0.3 is 20.1 Å². The van der Waals surface area contributed by atoms with Gasteiger partial charge in [-0.25, -0.2) is 4.79 Å². The molecule has 0 radical (unpaired) electrons. The summed E-state index contributed by atoms with van der Waals surface area (Å²) in [5.41, 5.74) is -0.562. The molecule has 18 heavy (non-hydrogen) atoms. The number of Topliss-reactive ketones (excluding diaryl/α,β-unsaturated/α-hetero) is 1. The molecule has 1 aliphatic heterocycles. The first-order chi connectivity index (χ1) is 8.38. The van der Waals surface area contributed by atoms with Gasteiger partial charge in [0, 0.05) is 13.2 Å². The summed E-state index contributed by atoms with van der Waals surface area (Å²) in [6, 6.07) is 0. The minimum atomic E-state index is -0.586. The molecule has 0 spiro atoms. The van der Waals surface area contributed by atoms with Crippen LogP contribution >= 0.6 is 0 Å². The summed E-state index contributed by atoms with van der Waals surface area (Å²) in [7, 11) is 0. The zero-order valence-corrected chi connectivity index (χ0v) is 11.2. The summed E-state index contributed by atoms with van der Waals surface area (Å²) >= 11 is 0. The van der Waals surface area contributed by atoms with Crippen LogP contribution in [-0.2, 0) is 14.3 Å². The van der Waals surface area contributed by atoms with Crippen molar-refractivity contribution in [3.8, 4) is 0 Å². The fourth-order valence-corrected chi connectivity index (χ4v) is 1.51. The standard InChI is InChI=1S/C12H22N2O4/c1-12(2,3)18-11(16)14-7-9(15)10-8-13-5-4-6-17-10/h10,13H,4-8H2,1-3H3,(H,14,16). The Morgan fingerprint density at radius 3 is 2.83 bits per heavy atom. The van der Waals surface area contributed by atoms with Crippen LogP contribution in [0.15, 0.2) is 0 Å². The van der Waals surface area contributed by atoms with Crippen LogP contribution in [0.1, 0.15) is 27.2 Å². The van der Waals surface area contributed by atoms with Gasteiger partial charge in [-0.05, 0) is 33.7 Å². The molecule has 1 amide bonds. The van der Waals surface area contributed by atoms with Gasteiger partial charge in [-0.2, -0.15) is 0 Å². The van der Waals surface area contributed by atoms with Crippen molar-refractivity contribution < 1.29 is 19.1 Å². The van der Waals surface area contributed by atoms with Gasteiger partial charge in [0.2, 0.25) is 0 Å². The molecule has 1 atom stereocenters. The number of carbonyl (C=O) groups excluding carboxylic acids is 2. The van der Waals surface area contributed by atoms with E-state index >= 15 is 0 Å². The van der Waals surface area contributed by atoms with Crippen molar-refractivity contribution in [2.24, 2.45) is 0 Å². The van der Waals surface area contributed by atoms with Gasteiger partial charge >= 0.3 is 6.09 Å². The van der Waals surface area contributed by atoms with Crippen molar-refractivity contribution >= 4 is 11.9 Å². The second-order valence-corrected chi connectivity index (χ2v) is 5.24. The summed E-state index contributed by atoms with van der Waals surface area (Å²) in [6.07, 6.45) is -0.177. The number of rotatable bonds is 3. The number of amides is 1. The molecule has 1 saturated heterocycles. The van der Waals surface area contributed by atoms with Crippen molar-refractivity contribution in [1.29, 1.82) is 0 Å². The minimum absolute atomic E-state index is 0.0682. The Bertz CT molecular complexity index is 291. The lowest BCUT2D eigenvalue weighted by Crippen LogP contribution is -2.42. The maximum Gasteiger partial charge on any atom is 0.408 e. The summed E-state index contributed by atoms with van der Waals surface area (Å²) < 4.78 is 10.4. The molecule has 104 valence electrons. The lowest BCUT2D eigenvalue weighted by atomic mass is 10.2. The molecule has 0 aromatic heterocycles. The molecule has 0 aromatic carbocycles. The summed E-state index contributed by atoms with van der Waals surface area (Å²) in [5.74, 6) is -0.143. The van der Waals surface area contributed by atoms with E-state index in [-0.39, 0.29) is 12.3 Å². The Morgan fingerprint density at radius 2 is 2.17 bits per heavy atom. The van der Waals surface area contributed by atoms with Crippen molar-refractivity contribution in [3.63, 3.8) is 0 Å². The monoisotopic (exact) mass is 258 g/mol. The van der Waals surface area contributed by atoms with E-state index in [1.807, 2.05) is 0 Å². The number of hydrogen-bond donors (Lipinski definition) is 2. The van der Waals surface area contributed by atoms with E-state index in [9.17, 15) is 9.59 Å². The van der Waals surface area contributed by atoms with Gasteiger partial charge in [0.15, 0.2) is 5.78 Å². The van der Waals surface area contributed by atoms with Gasteiger partial charge in [-0.3, -0.25) is 4.79 Å². The third kappa shape index (κ3) is 5.97. The van der Waals surface area contributed by atoms with E-state index in [1.165, 1.54) is 0 Å². The van der Waals surface area contributed by atoms with Crippen LogP contribution in [0.3, 0.4) is 0 Å². The van der Waals surface area contributed by atoms with E-state index in [0.717, 1.165) is 13.0 Å². The Hall–Kier alpha value is -1.14. The number of nitrogens with one attached hydrogen (secondary N) is 2. The molecule has 1 aliphatic rings. The van der Waals surface area contributed by atoms with Gasteiger partial charge in [-0.1, -0.05) is 0 Å². The first-order valence-electron chi connectivity index (χ1n) is 6.20.